The van der Waals surface area contributed by atoms with E-state index >= 15 is 0 Å². The Hall–Kier alpha value is -1.01. The van der Waals surface area contributed by atoms with E-state index in [0.29, 0.717) is 52.2 Å². The zero-order chi connectivity index (χ0) is 25.1. The molecule has 0 aromatic rings. The first-order valence-electron chi connectivity index (χ1n) is 11.5. The monoisotopic (exact) mass is 481 g/mol. The minimum Gasteiger partial charge on any atom is -0.447 e. The Morgan fingerprint density at radius 2 is 1.39 bits per heavy atom. The van der Waals surface area contributed by atoms with Crippen molar-refractivity contribution >= 4 is 6.09 Å². The molecule has 0 spiro atoms. The van der Waals surface area contributed by atoms with Crippen molar-refractivity contribution in [1.82, 2.24) is 5.32 Å². The molecular formula is C23H47NO9. The highest BCUT2D eigenvalue weighted by Gasteiger charge is 2.22. The van der Waals surface area contributed by atoms with Crippen molar-refractivity contribution in [3.8, 4) is 0 Å². The van der Waals surface area contributed by atoms with Gasteiger partial charge in [-0.15, -0.1) is 0 Å². The number of amides is 1. The molecular weight excluding hydrogens is 434 g/mol. The van der Waals surface area contributed by atoms with Gasteiger partial charge in [0.15, 0.2) is 0 Å². The first-order chi connectivity index (χ1) is 15.7. The molecule has 0 radical (unpaired) electrons. The molecule has 0 aromatic carbocycles. The molecule has 0 aliphatic heterocycles. The van der Waals surface area contributed by atoms with Crippen molar-refractivity contribution in [2.24, 2.45) is 5.41 Å². The molecule has 0 aliphatic carbocycles. The van der Waals surface area contributed by atoms with E-state index in [1.54, 1.807) is 28.4 Å². The number of ether oxygens (including phenoxy) is 7. The third-order valence-electron chi connectivity index (χ3n) is 5.14. The van der Waals surface area contributed by atoms with E-state index in [1.165, 1.54) is 0 Å². The topological polar surface area (TPSA) is 114 Å². The van der Waals surface area contributed by atoms with Crippen LogP contribution in [0.15, 0.2) is 0 Å². The Balaban J connectivity index is 4.47. The molecule has 0 aromatic heterocycles. The third-order valence-corrected chi connectivity index (χ3v) is 5.14. The SMILES string of the molecule is COCC(CCOCC(COC(=O)NCCC(O)C(C)(C)C)OCCC(COC)OC)OC. The summed E-state index contributed by atoms with van der Waals surface area (Å²) in [6.45, 7) is 8.30. The normalized spacial score (nSPS) is 15.6. The minimum atomic E-state index is -0.557. The van der Waals surface area contributed by atoms with Gasteiger partial charge in [-0.25, -0.2) is 4.79 Å². The van der Waals surface area contributed by atoms with Gasteiger partial charge in [0.25, 0.3) is 0 Å². The van der Waals surface area contributed by atoms with Gasteiger partial charge in [0.2, 0.25) is 0 Å². The van der Waals surface area contributed by atoms with E-state index in [0.717, 1.165) is 0 Å². The molecule has 33 heavy (non-hydrogen) atoms. The van der Waals surface area contributed by atoms with Crippen LogP contribution < -0.4 is 5.32 Å². The highest BCUT2D eigenvalue weighted by atomic mass is 16.6. The summed E-state index contributed by atoms with van der Waals surface area (Å²) in [7, 11) is 6.50. The average molecular weight is 482 g/mol. The van der Waals surface area contributed by atoms with Gasteiger partial charge in [0, 0.05) is 48.2 Å². The first kappa shape index (κ1) is 32.0. The fraction of sp³-hybridized carbons (Fsp3) is 0.957. The molecule has 0 saturated carbocycles. The minimum absolute atomic E-state index is 0.0430. The van der Waals surface area contributed by atoms with Crippen LogP contribution in [0.4, 0.5) is 4.79 Å². The number of rotatable bonds is 20. The molecule has 1 amide bonds. The summed E-state index contributed by atoms with van der Waals surface area (Å²) in [5.41, 5.74) is -0.240. The molecule has 4 atom stereocenters. The second kappa shape index (κ2) is 19.3. The Labute approximate surface area is 199 Å². The van der Waals surface area contributed by atoms with Crippen molar-refractivity contribution < 1.29 is 43.1 Å². The van der Waals surface area contributed by atoms with Crippen molar-refractivity contribution in [2.75, 3.05) is 74.6 Å². The van der Waals surface area contributed by atoms with Crippen molar-refractivity contribution in [1.29, 1.82) is 0 Å². The fourth-order valence-electron chi connectivity index (χ4n) is 2.81. The van der Waals surface area contributed by atoms with Crippen LogP contribution in [0.5, 0.6) is 0 Å². The molecule has 0 saturated heterocycles. The molecule has 4 unspecified atom stereocenters. The smallest absolute Gasteiger partial charge is 0.407 e. The van der Waals surface area contributed by atoms with Crippen molar-refractivity contribution in [3.63, 3.8) is 0 Å². The summed E-state index contributed by atoms with van der Waals surface area (Å²) in [6.07, 6.45) is 0.130. The zero-order valence-electron chi connectivity index (χ0n) is 21.6. The number of hydrogen-bond acceptors (Lipinski definition) is 9. The molecule has 2 N–H and O–H groups in total. The molecule has 10 nitrogen and oxygen atoms in total. The van der Waals surface area contributed by atoms with Crippen LogP contribution in [0, 0.1) is 5.41 Å². The molecule has 10 heteroatoms. The summed E-state index contributed by atoms with van der Waals surface area (Å²) >= 11 is 0. The summed E-state index contributed by atoms with van der Waals surface area (Å²) in [6, 6.07) is 0. The van der Waals surface area contributed by atoms with E-state index in [-0.39, 0.29) is 30.8 Å². The number of methoxy groups -OCH3 is 4. The molecule has 0 rings (SSSR count). The Morgan fingerprint density at radius 3 is 1.91 bits per heavy atom. The van der Waals surface area contributed by atoms with Crippen LogP contribution >= 0.6 is 0 Å². The number of aliphatic hydroxyl groups excluding tert-OH is 1. The lowest BCUT2D eigenvalue weighted by Gasteiger charge is -2.25. The van der Waals surface area contributed by atoms with Crippen LogP contribution in [0.3, 0.4) is 0 Å². The maximum absolute atomic E-state index is 12.0. The fourth-order valence-corrected chi connectivity index (χ4v) is 2.81. The summed E-state index contributed by atoms with van der Waals surface area (Å²) in [5.74, 6) is 0. The van der Waals surface area contributed by atoms with Crippen LogP contribution in [0.2, 0.25) is 0 Å². The summed E-state index contributed by atoms with van der Waals surface area (Å²) in [5, 5.41) is 12.7. The van der Waals surface area contributed by atoms with Crippen molar-refractivity contribution in [3.05, 3.63) is 0 Å². The van der Waals surface area contributed by atoms with E-state index < -0.39 is 18.3 Å². The van der Waals surface area contributed by atoms with Crippen LogP contribution in [0.25, 0.3) is 0 Å². The van der Waals surface area contributed by atoms with E-state index in [1.807, 2.05) is 20.8 Å². The summed E-state index contributed by atoms with van der Waals surface area (Å²) in [4.78, 5) is 12.0. The first-order valence-corrected chi connectivity index (χ1v) is 11.5. The maximum atomic E-state index is 12.0. The van der Waals surface area contributed by atoms with Gasteiger partial charge in [-0.3, -0.25) is 0 Å². The molecule has 0 bridgehead atoms. The van der Waals surface area contributed by atoms with Gasteiger partial charge in [-0.1, -0.05) is 20.8 Å². The number of alkyl carbamates (subject to hydrolysis) is 1. The highest BCUT2D eigenvalue weighted by molar-refractivity contribution is 5.67. The van der Waals surface area contributed by atoms with E-state index in [2.05, 4.69) is 5.32 Å². The lowest BCUT2D eigenvalue weighted by molar-refractivity contribution is -0.0665. The van der Waals surface area contributed by atoms with Gasteiger partial charge in [-0.2, -0.15) is 0 Å². The molecule has 0 fully saturated rings. The van der Waals surface area contributed by atoms with E-state index in [9.17, 15) is 9.90 Å². The number of carbonyl (C=O) groups excluding carboxylic acids is 1. The van der Waals surface area contributed by atoms with Gasteiger partial charge >= 0.3 is 6.09 Å². The van der Waals surface area contributed by atoms with Gasteiger partial charge in [0.05, 0.1) is 38.1 Å². The number of carbonyl (C=O) groups is 1. The molecule has 0 aliphatic rings. The standard InChI is InChI=1S/C23H47NO9/c1-23(2,3)21(25)8-11-24-22(26)33-17-20(32-13-10-19(30-7)15-28-5)16-31-12-9-18(29-6)14-27-4/h18-21,25H,8-17H2,1-7H3,(H,24,26). The lowest BCUT2D eigenvalue weighted by Crippen LogP contribution is -2.35. The second-order valence-corrected chi connectivity index (χ2v) is 8.97. The van der Waals surface area contributed by atoms with Gasteiger partial charge in [-0.05, 0) is 24.7 Å². The van der Waals surface area contributed by atoms with Gasteiger partial charge < -0.3 is 43.6 Å². The largest absolute Gasteiger partial charge is 0.447 e. The Morgan fingerprint density at radius 1 is 0.818 bits per heavy atom. The van der Waals surface area contributed by atoms with Crippen LogP contribution in [-0.2, 0) is 33.2 Å². The maximum Gasteiger partial charge on any atom is 0.407 e. The molecule has 0 heterocycles. The van der Waals surface area contributed by atoms with Crippen LogP contribution in [-0.4, -0.2) is 110 Å². The van der Waals surface area contributed by atoms with E-state index in [4.69, 9.17) is 33.2 Å². The third kappa shape index (κ3) is 17.1. The molecule has 198 valence electrons. The average Bonchev–Trinajstić information content (AvgIpc) is 2.77. The quantitative estimate of drug-likeness (QED) is 0.252. The number of hydrogen-bond donors (Lipinski definition) is 2. The Kier molecular flexibility index (Phi) is 18.7. The lowest BCUT2D eigenvalue weighted by atomic mass is 9.87. The zero-order valence-corrected chi connectivity index (χ0v) is 21.6. The number of aliphatic hydroxyl groups is 1. The van der Waals surface area contributed by atoms with Crippen LogP contribution in [0.1, 0.15) is 40.0 Å². The summed E-state index contributed by atoms with van der Waals surface area (Å²) < 4.78 is 37.8. The highest BCUT2D eigenvalue weighted by Crippen LogP contribution is 2.20. The predicted molar refractivity (Wildman–Crippen MR) is 125 cm³/mol. The Bertz CT molecular complexity index is 473. The van der Waals surface area contributed by atoms with Crippen molar-refractivity contribution in [2.45, 2.75) is 64.4 Å². The van der Waals surface area contributed by atoms with Gasteiger partial charge in [0.1, 0.15) is 12.7 Å². The second-order valence-electron chi connectivity index (χ2n) is 8.97. The predicted octanol–water partition coefficient (Wildman–Crippen LogP) is 2.01. The number of nitrogens with one attached hydrogen (secondary N) is 1.